The fourth-order valence-electron chi connectivity index (χ4n) is 2.29. The highest BCUT2D eigenvalue weighted by atomic mass is 16.4. The lowest BCUT2D eigenvalue weighted by Gasteiger charge is -2.11. The third-order valence-electron chi connectivity index (χ3n) is 3.50. The second-order valence-corrected chi connectivity index (χ2v) is 4.81. The van der Waals surface area contributed by atoms with E-state index in [1.54, 1.807) is 0 Å². The van der Waals surface area contributed by atoms with Crippen LogP contribution in [-0.2, 0) is 4.79 Å². The van der Waals surface area contributed by atoms with E-state index >= 15 is 0 Å². The first kappa shape index (κ1) is 11.7. The van der Waals surface area contributed by atoms with Gasteiger partial charge in [-0.05, 0) is 42.4 Å². The van der Waals surface area contributed by atoms with Crippen LogP contribution in [0.2, 0.25) is 0 Å². The molecule has 1 aliphatic rings. The summed E-state index contributed by atoms with van der Waals surface area (Å²) in [5.74, 6) is -0.104. The van der Waals surface area contributed by atoms with Crippen LogP contribution < -0.4 is 0 Å². The standard InChI is InChI=1S/C14H15NO2/c1-9(6-12-7-13(12)14(16)17)11-4-2-10(8-15)3-5-11/h2-5,9,12-13H,6-7H2,1H3,(H,16,17). The first-order valence-corrected chi connectivity index (χ1v) is 5.84. The number of aliphatic carboxylic acids is 1. The van der Waals surface area contributed by atoms with Crippen LogP contribution in [-0.4, -0.2) is 11.1 Å². The second kappa shape index (κ2) is 4.58. The maximum absolute atomic E-state index is 10.7. The molecule has 1 saturated carbocycles. The molecule has 88 valence electrons. The fourth-order valence-corrected chi connectivity index (χ4v) is 2.29. The van der Waals surface area contributed by atoms with Gasteiger partial charge in [-0.3, -0.25) is 4.79 Å². The number of nitrogens with zero attached hydrogens (tertiary/aromatic N) is 1. The Morgan fingerprint density at radius 1 is 1.53 bits per heavy atom. The predicted molar refractivity (Wildman–Crippen MR) is 63.4 cm³/mol. The van der Waals surface area contributed by atoms with Crippen molar-refractivity contribution in [2.24, 2.45) is 11.8 Å². The number of benzene rings is 1. The molecule has 1 aromatic carbocycles. The summed E-state index contributed by atoms with van der Waals surface area (Å²) in [5, 5.41) is 17.5. The summed E-state index contributed by atoms with van der Waals surface area (Å²) in [7, 11) is 0. The maximum Gasteiger partial charge on any atom is 0.306 e. The van der Waals surface area contributed by atoms with Crippen LogP contribution >= 0.6 is 0 Å². The molecule has 0 aliphatic heterocycles. The molecule has 1 N–H and O–H groups in total. The molecular formula is C14H15NO2. The molecule has 3 unspecified atom stereocenters. The van der Waals surface area contributed by atoms with Gasteiger partial charge in [-0.1, -0.05) is 19.1 Å². The van der Waals surface area contributed by atoms with Crippen molar-refractivity contribution in [2.45, 2.75) is 25.7 Å². The quantitative estimate of drug-likeness (QED) is 0.863. The van der Waals surface area contributed by atoms with E-state index in [0.717, 1.165) is 12.8 Å². The highest BCUT2D eigenvalue weighted by molar-refractivity contribution is 5.73. The Morgan fingerprint density at radius 3 is 2.65 bits per heavy atom. The number of rotatable bonds is 4. The highest BCUT2D eigenvalue weighted by Gasteiger charge is 2.43. The minimum atomic E-state index is -0.665. The number of hydrogen-bond donors (Lipinski definition) is 1. The SMILES string of the molecule is CC(CC1CC1C(=O)O)c1ccc(C#N)cc1. The van der Waals surface area contributed by atoms with Crippen molar-refractivity contribution in [3.05, 3.63) is 35.4 Å². The Morgan fingerprint density at radius 2 is 2.18 bits per heavy atom. The van der Waals surface area contributed by atoms with Gasteiger partial charge in [0.2, 0.25) is 0 Å². The molecule has 0 bridgehead atoms. The summed E-state index contributed by atoms with van der Waals surface area (Å²) in [6, 6.07) is 9.64. The van der Waals surface area contributed by atoms with Gasteiger partial charge >= 0.3 is 5.97 Å². The minimum Gasteiger partial charge on any atom is -0.481 e. The topological polar surface area (TPSA) is 61.1 Å². The average Bonchev–Trinajstić information content (AvgIpc) is 3.08. The first-order chi connectivity index (χ1) is 8.11. The van der Waals surface area contributed by atoms with E-state index in [1.165, 1.54) is 5.56 Å². The molecule has 1 aliphatic carbocycles. The first-order valence-electron chi connectivity index (χ1n) is 5.84. The van der Waals surface area contributed by atoms with Gasteiger partial charge in [0.1, 0.15) is 0 Å². The van der Waals surface area contributed by atoms with Crippen molar-refractivity contribution < 1.29 is 9.90 Å². The number of carboxylic acids is 1. The number of hydrogen-bond acceptors (Lipinski definition) is 2. The Balaban J connectivity index is 1.94. The Bertz CT molecular complexity index is 458. The van der Waals surface area contributed by atoms with Gasteiger partial charge in [0, 0.05) is 0 Å². The molecule has 1 aromatic rings. The van der Waals surface area contributed by atoms with Crippen LogP contribution in [0.25, 0.3) is 0 Å². The number of carboxylic acid groups (broad SMARTS) is 1. The van der Waals surface area contributed by atoms with Crippen molar-refractivity contribution >= 4 is 5.97 Å². The molecule has 0 aromatic heterocycles. The molecule has 0 amide bonds. The highest BCUT2D eigenvalue weighted by Crippen LogP contribution is 2.45. The zero-order chi connectivity index (χ0) is 12.4. The van der Waals surface area contributed by atoms with Crippen molar-refractivity contribution in [1.82, 2.24) is 0 Å². The molecule has 2 rings (SSSR count). The van der Waals surface area contributed by atoms with Gasteiger partial charge in [-0.25, -0.2) is 0 Å². The smallest absolute Gasteiger partial charge is 0.306 e. The zero-order valence-electron chi connectivity index (χ0n) is 9.76. The van der Waals surface area contributed by atoms with Crippen molar-refractivity contribution in [1.29, 1.82) is 5.26 Å². The number of nitriles is 1. The number of carbonyl (C=O) groups is 1. The van der Waals surface area contributed by atoms with Gasteiger partial charge < -0.3 is 5.11 Å². The monoisotopic (exact) mass is 229 g/mol. The molecule has 0 heterocycles. The van der Waals surface area contributed by atoms with E-state index < -0.39 is 5.97 Å². The van der Waals surface area contributed by atoms with Crippen LogP contribution in [0, 0.1) is 23.2 Å². The third kappa shape index (κ3) is 2.65. The molecule has 3 heteroatoms. The zero-order valence-corrected chi connectivity index (χ0v) is 9.76. The summed E-state index contributed by atoms with van der Waals surface area (Å²) >= 11 is 0. The van der Waals surface area contributed by atoms with E-state index in [9.17, 15) is 4.79 Å². The van der Waals surface area contributed by atoms with E-state index in [-0.39, 0.29) is 5.92 Å². The van der Waals surface area contributed by atoms with Gasteiger partial charge in [0.05, 0.1) is 17.6 Å². The maximum atomic E-state index is 10.7. The lowest BCUT2D eigenvalue weighted by Crippen LogP contribution is -2.02. The summed E-state index contributed by atoms with van der Waals surface area (Å²) in [5.41, 5.74) is 1.84. The van der Waals surface area contributed by atoms with Crippen LogP contribution in [0.4, 0.5) is 0 Å². The van der Waals surface area contributed by atoms with Gasteiger partial charge in [0.25, 0.3) is 0 Å². The molecule has 17 heavy (non-hydrogen) atoms. The molecule has 3 atom stereocenters. The van der Waals surface area contributed by atoms with Gasteiger partial charge in [-0.15, -0.1) is 0 Å². The Hall–Kier alpha value is -1.82. The van der Waals surface area contributed by atoms with E-state index in [0.29, 0.717) is 17.4 Å². The van der Waals surface area contributed by atoms with E-state index in [4.69, 9.17) is 10.4 Å². The van der Waals surface area contributed by atoms with Gasteiger partial charge in [0.15, 0.2) is 0 Å². The Kier molecular flexibility index (Phi) is 3.14. The summed E-state index contributed by atoms with van der Waals surface area (Å²) in [4.78, 5) is 10.7. The van der Waals surface area contributed by atoms with Crippen molar-refractivity contribution in [2.75, 3.05) is 0 Å². The molecular weight excluding hydrogens is 214 g/mol. The summed E-state index contributed by atoms with van der Waals surface area (Å²) in [6.07, 6.45) is 1.73. The lowest BCUT2D eigenvalue weighted by molar-refractivity contribution is -0.138. The molecule has 3 nitrogen and oxygen atoms in total. The van der Waals surface area contributed by atoms with Crippen molar-refractivity contribution in [3.8, 4) is 6.07 Å². The Labute approximate surface area is 101 Å². The second-order valence-electron chi connectivity index (χ2n) is 4.81. The summed E-state index contributed by atoms with van der Waals surface area (Å²) < 4.78 is 0. The normalized spacial score (nSPS) is 23.8. The van der Waals surface area contributed by atoms with E-state index in [2.05, 4.69) is 13.0 Å². The third-order valence-corrected chi connectivity index (χ3v) is 3.50. The average molecular weight is 229 g/mol. The largest absolute Gasteiger partial charge is 0.481 e. The van der Waals surface area contributed by atoms with Gasteiger partial charge in [-0.2, -0.15) is 5.26 Å². The van der Waals surface area contributed by atoms with Crippen LogP contribution in [0.3, 0.4) is 0 Å². The molecule has 1 fully saturated rings. The molecule has 0 spiro atoms. The minimum absolute atomic E-state index is 0.129. The summed E-state index contributed by atoms with van der Waals surface area (Å²) in [6.45, 7) is 2.11. The molecule has 0 saturated heterocycles. The lowest BCUT2D eigenvalue weighted by atomic mass is 9.94. The van der Waals surface area contributed by atoms with Crippen LogP contribution in [0.5, 0.6) is 0 Å². The van der Waals surface area contributed by atoms with Crippen molar-refractivity contribution in [3.63, 3.8) is 0 Å². The van der Waals surface area contributed by atoms with E-state index in [1.807, 2.05) is 24.3 Å². The predicted octanol–water partition coefficient (Wildman–Crippen LogP) is 2.77. The van der Waals surface area contributed by atoms with Crippen LogP contribution in [0.15, 0.2) is 24.3 Å². The van der Waals surface area contributed by atoms with Crippen LogP contribution in [0.1, 0.15) is 36.8 Å². The molecule has 0 radical (unpaired) electrons. The fraction of sp³-hybridized carbons (Fsp3) is 0.429.